The molecule has 1 saturated heterocycles. The summed E-state index contributed by atoms with van der Waals surface area (Å²) in [7, 11) is 0. The van der Waals surface area contributed by atoms with Crippen molar-refractivity contribution in [2.45, 2.75) is 38.8 Å². The Bertz CT molecular complexity index is 312. The van der Waals surface area contributed by atoms with E-state index in [0.717, 1.165) is 19.6 Å². The van der Waals surface area contributed by atoms with Gasteiger partial charge in [0.1, 0.15) is 0 Å². The van der Waals surface area contributed by atoms with E-state index in [2.05, 4.69) is 34.4 Å². The molecule has 0 bridgehead atoms. The van der Waals surface area contributed by atoms with Crippen LogP contribution in [-0.2, 0) is 6.54 Å². The smallest absolute Gasteiger partial charge is 0.0795 e. The molecule has 0 aliphatic carbocycles. The van der Waals surface area contributed by atoms with Gasteiger partial charge < -0.3 is 5.32 Å². The Morgan fingerprint density at radius 1 is 1.62 bits per heavy atom. The Balaban J connectivity index is 1.98. The molecule has 0 amide bonds. The first-order valence-electron chi connectivity index (χ1n) is 6.06. The molecule has 0 radical (unpaired) electrons. The summed E-state index contributed by atoms with van der Waals surface area (Å²) >= 11 is 1.69. The van der Waals surface area contributed by atoms with Gasteiger partial charge in [-0.05, 0) is 32.9 Å². The second-order valence-corrected chi connectivity index (χ2v) is 5.60. The third-order valence-electron chi connectivity index (χ3n) is 3.42. The zero-order valence-corrected chi connectivity index (χ0v) is 11.0. The van der Waals surface area contributed by atoms with E-state index in [-0.39, 0.29) is 5.54 Å². The lowest BCUT2D eigenvalue weighted by Gasteiger charge is -2.32. The minimum atomic E-state index is 0.270. The lowest BCUT2D eigenvalue weighted by atomic mass is 9.98. The van der Waals surface area contributed by atoms with E-state index in [1.165, 1.54) is 25.1 Å². The fourth-order valence-electron chi connectivity index (χ4n) is 2.24. The predicted octanol–water partition coefficient (Wildman–Crippen LogP) is 2.11. The molecule has 2 rings (SSSR count). The van der Waals surface area contributed by atoms with Gasteiger partial charge in [-0.1, -0.05) is 6.92 Å². The average Bonchev–Trinajstić information content (AvgIpc) is 2.69. The maximum absolute atomic E-state index is 4.37. The van der Waals surface area contributed by atoms with Crippen LogP contribution in [0.2, 0.25) is 0 Å². The quantitative estimate of drug-likeness (QED) is 0.875. The van der Waals surface area contributed by atoms with E-state index in [0.29, 0.717) is 0 Å². The zero-order chi connectivity index (χ0) is 11.4. The van der Waals surface area contributed by atoms with Crippen LogP contribution < -0.4 is 5.32 Å². The van der Waals surface area contributed by atoms with Crippen LogP contribution in [0.1, 0.15) is 32.4 Å². The third-order valence-corrected chi connectivity index (χ3v) is 4.06. The maximum atomic E-state index is 4.37. The summed E-state index contributed by atoms with van der Waals surface area (Å²) < 4.78 is 0. The molecule has 1 fully saturated rings. The Labute approximate surface area is 102 Å². The molecule has 3 nitrogen and oxygen atoms in total. The minimum Gasteiger partial charge on any atom is -0.310 e. The van der Waals surface area contributed by atoms with E-state index < -0.39 is 0 Å². The van der Waals surface area contributed by atoms with Crippen LogP contribution in [0.3, 0.4) is 0 Å². The van der Waals surface area contributed by atoms with Gasteiger partial charge in [0.2, 0.25) is 0 Å². The number of thiazole rings is 1. The van der Waals surface area contributed by atoms with Crippen molar-refractivity contribution in [3.63, 3.8) is 0 Å². The van der Waals surface area contributed by atoms with Crippen LogP contribution >= 0.6 is 11.3 Å². The third kappa shape index (κ3) is 3.03. The van der Waals surface area contributed by atoms with E-state index in [4.69, 9.17) is 0 Å². The standard InChI is InChI=1S/C12H21N3S/c1-3-12(2)9-15(6-4-5-14-12)7-11-8-16-10-13-11/h8,10,14H,3-7,9H2,1-2H3. The first-order valence-corrected chi connectivity index (χ1v) is 7.00. The van der Waals surface area contributed by atoms with Gasteiger partial charge in [0.25, 0.3) is 0 Å². The van der Waals surface area contributed by atoms with Gasteiger partial charge >= 0.3 is 0 Å². The fraction of sp³-hybridized carbons (Fsp3) is 0.750. The predicted molar refractivity (Wildman–Crippen MR) is 68.7 cm³/mol. The number of nitrogens with zero attached hydrogens (tertiary/aromatic N) is 2. The molecule has 0 spiro atoms. The topological polar surface area (TPSA) is 28.2 Å². The molecular formula is C12H21N3S. The molecular weight excluding hydrogens is 218 g/mol. The molecule has 1 N–H and O–H groups in total. The lowest BCUT2D eigenvalue weighted by molar-refractivity contribution is 0.207. The molecule has 1 aliphatic rings. The second-order valence-electron chi connectivity index (χ2n) is 4.88. The molecule has 0 aromatic carbocycles. The SMILES string of the molecule is CCC1(C)CN(Cc2cscn2)CCCN1. The Kier molecular flexibility index (Phi) is 3.95. The molecule has 1 aromatic rings. The van der Waals surface area contributed by atoms with Crippen LogP contribution in [0.4, 0.5) is 0 Å². The van der Waals surface area contributed by atoms with Crippen LogP contribution in [0.25, 0.3) is 0 Å². The van der Waals surface area contributed by atoms with Crippen LogP contribution in [0.5, 0.6) is 0 Å². The molecule has 0 saturated carbocycles. The number of aromatic nitrogens is 1. The summed E-state index contributed by atoms with van der Waals surface area (Å²) in [5.41, 5.74) is 3.40. The number of hydrogen-bond donors (Lipinski definition) is 1. The summed E-state index contributed by atoms with van der Waals surface area (Å²) in [6, 6.07) is 0. The molecule has 2 heterocycles. The van der Waals surface area contributed by atoms with Gasteiger partial charge in [0.05, 0.1) is 11.2 Å². The highest BCUT2D eigenvalue weighted by Gasteiger charge is 2.27. The molecule has 16 heavy (non-hydrogen) atoms. The Morgan fingerprint density at radius 2 is 2.50 bits per heavy atom. The van der Waals surface area contributed by atoms with E-state index in [1.54, 1.807) is 11.3 Å². The summed E-state index contributed by atoms with van der Waals surface area (Å²) in [6.07, 6.45) is 2.42. The number of hydrogen-bond acceptors (Lipinski definition) is 4. The van der Waals surface area contributed by atoms with Gasteiger partial charge in [0, 0.05) is 24.0 Å². The van der Waals surface area contributed by atoms with Crippen molar-refractivity contribution in [2.75, 3.05) is 19.6 Å². The highest BCUT2D eigenvalue weighted by molar-refractivity contribution is 7.07. The van der Waals surface area contributed by atoms with Crippen molar-refractivity contribution in [1.82, 2.24) is 15.2 Å². The zero-order valence-electron chi connectivity index (χ0n) is 10.2. The average molecular weight is 239 g/mol. The van der Waals surface area contributed by atoms with Crippen molar-refractivity contribution in [3.8, 4) is 0 Å². The van der Waals surface area contributed by atoms with Crippen molar-refractivity contribution in [2.24, 2.45) is 0 Å². The fourth-order valence-corrected chi connectivity index (χ4v) is 2.79. The normalized spacial score (nSPS) is 27.9. The summed E-state index contributed by atoms with van der Waals surface area (Å²) in [6.45, 7) is 9.03. The summed E-state index contributed by atoms with van der Waals surface area (Å²) in [5.74, 6) is 0. The second kappa shape index (κ2) is 5.25. The largest absolute Gasteiger partial charge is 0.310 e. The van der Waals surface area contributed by atoms with Gasteiger partial charge in [0.15, 0.2) is 0 Å². The van der Waals surface area contributed by atoms with Gasteiger partial charge in [-0.3, -0.25) is 4.90 Å². The number of nitrogens with one attached hydrogen (secondary N) is 1. The van der Waals surface area contributed by atoms with Crippen molar-refractivity contribution in [3.05, 3.63) is 16.6 Å². The van der Waals surface area contributed by atoms with Crippen LogP contribution in [0.15, 0.2) is 10.9 Å². The van der Waals surface area contributed by atoms with Gasteiger partial charge in [-0.2, -0.15) is 0 Å². The molecule has 1 aliphatic heterocycles. The molecule has 1 unspecified atom stereocenters. The van der Waals surface area contributed by atoms with Crippen LogP contribution in [-0.4, -0.2) is 35.1 Å². The first-order chi connectivity index (χ1) is 7.72. The minimum absolute atomic E-state index is 0.270. The van der Waals surface area contributed by atoms with E-state index in [9.17, 15) is 0 Å². The molecule has 1 aromatic heterocycles. The van der Waals surface area contributed by atoms with Crippen LogP contribution in [0, 0.1) is 0 Å². The monoisotopic (exact) mass is 239 g/mol. The first kappa shape index (κ1) is 12.0. The maximum Gasteiger partial charge on any atom is 0.0795 e. The van der Waals surface area contributed by atoms with Gasteiger partial charge in [-0.25, -0.2) is 4.98 Å². The summed E-state index contributed by atoms with van der Waals surface area (Å²) in [5, 5.41) is 5.81. The highest BCUT2D eigenvalue weighted by Crippen LogP contribution is 2.17. The Hall–Kier alpha value is -0.450. The lowest BCUT2D eigenvalue weighted by Crippen LogP contribution is -2.48. The number of rotatable bonds is 3. The molecule has 90 valence electrons. The van der Waals surface area contributed by atoms with Crippen molar-refractivity contribution in [1.29, 1.82) is 0 Å². The molecule has 1 atom stereocenters. The van der Waals surface area contributed by atoms with Gasteiger partial charge in [-0.15, -0.1) is 11.3 Å². The Morgan fingerprint density at radius 3 is 3.19 bits per heavy atom. The highest BCUT2D eigenvalue weighted by atomic mass is 32.1. The van der Waals surface area contributed by atoms with E-state index >= 15 is 0 Å². The summed E-state index contributed by atoms with van der Waals surface area (Å²) in [4.78, 5) is 6.90. The molecule has 4 heteroatoms. The van der Waals surface area contributed by atoms with E-state index in [1.807, 2.05) is 5.51 Å². The van der Waals surface area contributed by atoms with Crippen molar-refractivity contribution < 1.29 is 0 Å². The van der Waals surface area contributed by atoms with Crippen molar-refractivity contribution >= 4 is 11.3 Å².